The number of rotatable bonds is 6. The Morgan fingerprint density at radius 2 is 2.08 bits per heavy atom. The van der Waals surface area contributed by atoms with Crippen molar-refractivity contribution in [3.8, 4) is 5.75 Å². The first-order valence-corrected chi connectivity index (χ1v) is 9.24. The molecule has 1 aromatic carbocycles. The molecule has 0 atom stereocenters. The number of hydrogen-bond donors (Lipinski definition) is 1. The van der Waals surface area contributed by atoms with Crippen molar-refractivity contribution in [1.82, 2.24) is 10.3 Å². The van der Waals surface area contributed by atoms with E-state index in [1.54, 1.807) is 11.3 Å². The van der Waals surface area contributed by atoms with Crippen molar-refractivity contribution in [3.63, 3.8) is 0 Å². The summed E-state index contributed by atoms with van der Waals surface area (Å²) in [5.41, 5.74) is 1.54. The molecule has 0 aliphatic carbocycles. The van der Waals surface area contributed by atoms with Crippen LogP contribution in [-0.2, 0) is 17.9 Å². The van der Waals surface area contributed by atoms with Gasteiger partial charge in [-0.3, -0.25) is 0 Å². The molecule has 5 nitrogen and oxygen atoms in total. The van der Waals surface area contributed by atoms with Crippen LogP contribution in [0.3, 0.4) is 0 Å². The van der Waals surface area contributed by atoms with E-state index in [0.29, 0.717) is 19.1 Å². The summed E-state index contributed by atoms with van der Waals surface area (Å²) in [6, 6.07) is 7.65. The molecule has 6 heteroatoms. The van der Waals surface area contributed by atoms with E-state index < -0.39 is 11.7 Å². The van der Waals surface area contributed by atoms with Crippen molar-refractivity contribution in [2.45, 2.75) is 59.3 Å². The standard InChI is InChI=1S/C19H26N2O3S/c1-13(2)16-12-25-17(21-16)11-23-15-8-6-7-14(9-15)10-20-18(22)24-19(3,4)5/h6-9,12-13H,10-11H2,1-5H3,(H,20,22). The van der Waals surface area contributed by atoms with E-state index in [-0.39, 0.29) is 0 Å². The Morgan fingerprint density at radius 1 is 1.32 bits per heavy atom. The van der Waals surface area contributed by atoms with Gasteiger partial charge >= 0.3 is 6.09 Å². The molecule has 136 valence electrons. The van der Waals surface area contributed by atoms with Crippen LogP contribution >= 0.6 is 11.3 Å². The number of carbonyl (C=O) groups is 1. The summed E-state index contributed by atoms with van der Waals surface area (Å²) in [5.74, 6) is 1.18. The number of alkyl carbamates (subject to hydrolysis) is 1. The van der Waals surface area contributed by atoms with Gasteiger partial charge in [-0.25, -0.2) is 9.78 Å². The quantitative estimate of drug-likeness (QED) is 0.796. The average molecular weight is 362 g/mol. The van der Waals surface area contributed by atoms with Gasteiger partial charge in [0.15, 0.2) is 0 Å². The number of benzene rings is 1. The second-order valence-electron chi connectivity index (χ2n) is 7.11. The van der Waals surface area contributed by atoms with Crippen LogP contribution in [0.2, 0.25) is 0 Å². The number of aromatic nitrogens is 1. The predicted octanol–water partition coefficient (Wildman–Crippen LogP) is 4.87. The normalized spacial score (nSPS) is 11.4. The van der Waals surface area contributed by atoms with Gasteiger partial charge < -0.3 is 14.8 Å². The Hall–Kier alpha value is -2.08. The number of nitrogens with one attached hydrogen (secondary N) is 1. The van der Waals surface area contributed by atoms with Crippen LogP contribution in [0.1, 0.15) is 56.8 Å². The van der Waals surface area contributed by atoms with Gasteiger partial charge in [-0.1, -0.05) is 26.0 Å². The van der Waals surface area contributed by atoms with E-state index in [0.717, 1.165) is 22.0 Å². The van der Waals surface area contributed by atoms with Gasteiger partial charge in [0.25, 0.3) is 0 Å². The molecule has 1 heterocycles. The maximum absolute atomic E-state index is 11.7. The van der Waals surface area contributed by atoms with Gasteiger partial charge in [0.2, 0.25) is 0 Å². The molecule has 0 spiro atoms. The zero-order valence-electron chi connectivity index (χ0n) is 15.5. The Bertz CT molecular complexity index is 705. The number of hydrogen-bond acceptors (Lipinski definition) is 5. The Labute approximate surface area is 153 Å². The maximum Gasteiger partial charge on any atom is 0.407 e. The lowest BCUT2D eigenvalue weighted by atomic mass is 10.2. The summed E-state index contributed by atoms with van der Waals surface area (Å²) in [6.07, 6.45) is -0.428. The smallest absolute Gasteiger partial charge is 0.407 e. The maximum atomic E-state index is 11.7. The van der Waals surface area contributed by atoms with Crippen molar-refractivity contribution in [2.75, 3.05) is 0 Å². The lowest BCUT2D eigenvalue weighted by Crippen LogP contribution is -2.32. The number of carbonyl (C=O) groups excluding carboxylic acids is 1. The van der Waals surface area contributed by atoms with Gasteiger partial charge in [0.1, 0.15) is 23.0 Å². The Morgan fingerprint density at radius 3 is 2.72 bits per heavy atom. The third kappa shape index (κ3) is 6.74. The number of ether oxygens (including phenoxy) is 2. The molecule has 25 heavy (non-hydrogen) atoms. The molecule has 0 fully saturated rings. The van der Waals surface area contributed by atoms with Crippen LogP contribution in [0.15, 0.2) is 29.6 Å². The summed E-state index contributed by atoms with van der Waals surface area (Å²) in [4.78, 5) is 16.3. The highest BCUT2D eigenvalue weighted by Gasteiger charge is 2.15. The zero-order valence-corrected chi connectivity index (χ0v) is 16.3. The minimum atomic E-state index is -0.502. The molecule has 0 bridgehead atoms. The van der Waals surface area contributed by atoms with Gasteiger partial charge in [0.05, 0.1) is 5.69 Å². The third-order valence-electron chi connectivity index (χ3n) is 3.26. The fourth-order valence-electron chi connectivity index (χ4n) is 2.04. The highest BCUT2D eigenvalue weighted by atomic mass is 32.1. The Balaban J connectivity index is 1.86. The fourth-order valence-corrected chi connectivity index (χ4v) is 2.90. The van der Waals surface area contributed by atoms with Crippen molar-refractivity contribution >= 4 is 17.4 Å². The highest BCUT2D eigenvalue weighted by molar-refractivity contribution is 7.09. The number of amides is 1. The molecule has 1 aromatic heterocycles. The first-order chi connectivity index (χ1) is 11.7. The van der Waals surface area contributed by atoms with Crippen molar-refractivity contribution in [2.24, 2.45) is 0 Å². The van der Waals surface area contributed by atoms with Crippen molar-refractivity contribution in [3.05, 3.63) is 45.9 Å². The van der Waals surface area contributed by atoms with E-state index in [9.17, 15) is 4.79 Å². The second kappa shape index (κ2) is 8.34. The second-order valence-corrected chi connectivity index (χ2v) is 8.05. The molecular formula is C19H26N2O3S. The number of thiazole rings is 1. The summed E-state index contributed by atoms with van der Waals surface area (Å²) in [7, 11) is 0. The Kier molecular flexibility index (Phi) is 6.42. The minimum Gasteiger partial charge on any atom is -0.486 e. The first kappa shape index (κ1) is 19.2. The molecule has 0 aliphatic heterocycles. The van der Waals surface area contributed by atoms with E-state index in [2.05, 4.69) is 29.5 Å². The number of nitrogens with zero attached hydrogens (tertiary/aromatic N) is 1. The largest absolute Gasteiger partial charge is 0.486 e. The van der Waals surface area contributed by atoms with Crippen LogP contribution < -0.4 is 10.1 Å². The van der Waals surface area contributed by atoms with E-state index in [4.69, 9.17) is 9.47 Å². The zero-order chi connectivity index (χ0) is 18.4. The predicted molar refractivity (Wildman–Crippen MR) is 100 cm³/mol. The van der Waals surface area contributed by atoms with E-state index in [1.165, 1.54) is 0 Å². The third-order valence-corrected chi connectivity index (χ3v) is 4.10. The lowest BCUT2D eigenvalue weighted by molar-refractivity contribution is 0.0523. The van der Waals surface area contributed by atoms with Crippen molar-refractivity contribution < 1.29 is 14.3 Å². The van der Waals surface area contributed by atoms with Gasteiger partial charge in [-0.15, -0.1) is 11.3 Å². The summed E-state index contributed by atoms with van der Waals surface area (Å²) in [5, 5.41) is 5.78. The topological polar surface area (TPSA) is 60.5 Å². The lowest BCUT2D eigenvalue weighted by Gasteiger charge is -2.19. The average Bonchev–Trinajstić information content (AvgIpc) is 2.99. The van der Waals surface area contributed by atoms with Gasteiger partial charge in [-0.2, -0.15) is 0 Å². The molecule has 0 saturated carbocycles. The van der Waals surface area contributed by atoms with Crippen LogP contribution in [-0.4, -0.2) is 16.7 Å². The molecule has 0 unspecified atom stereocenters. The summed E-state index contributed by atoms with van der Waals surface area (Å²) >= 11 is 1.61. The van der Waals surface area contributed by atoms with Gasteiger partial charge in [0, 0.05) is 11.9 Å². The molecule has 0 aliphatic rings. The van der Waals surface area contributed by atoms with Crippen LogP contribution in [0.4, 0.5) is 4.79 Å². The van der Waals surface area contributed by atoms with E-state index in [1.807, 2.05) is 45.0 Å². The molecular weight excluding hydrogens is 336 g/mol. The summed E-state index contributed by atoms with van der Waals surface area (Å²) in [6.45, 7) is 10.6. The fraction of sp³-hybridized carbons (Fsp3) is 0.474. The highest BCUT2D eigenvalue weighted by Crippen LogP contribution is 2.20. The molecule has 1 N–H and O–H groups in total. The molecule has 2 rings (SSSR count). The minimum absolute atomic E-state index is 0.390. The molecule has 0 radical (unpaired) electrons. The van der Waals surface area contributed by atoms with E-state index >= 15 is 0 Å². The first-order valence-electron chi connectivity index (χ1n) is 8.36. The summed E-state index contributed by atoms with van der Waals surface area (Å²) < 4.78 is 11.0. The van der Waals surface area contributed by atoms with Crippen LogP contribution in [0.5, 0.6) is 5.75 Å². The van der Waals surface area contributed by atoms with Crippen LogP contribution in [0, 0.1) is 0 Å². The van der Waals surface area contributed by atoms with Gasteiger partial charge in [-0.05, 0) is 44.4 Å². The van der Waals surface area contributed by atoms with Crippen molar-refractivity contribution in [1.29, 1.82) is 0 Å². The van der Waals surface area contributed by atoms with Crippen LogP contribution in [0.25, 0.3) is 0 Å². The molecule has 0 saturated heterocycles. The molecule has 1 amide bonds. The monoisotopic (exact) mass is 362 g/mol. The SMILES string of the molecule is CC(C)c1csc(COc2cccc(CNC(=O)OC(C)(C)C)c2)n1. The molecule has 2 aromatic rings.